The van der Waals surface area contributed by atoms with Crippen LogP contribution in [0, 0.1) is 0 Å². The van der Waals surface area contributed by atoms with Crippen LogP contribution in [0.15, 0.2) is 0 Å². The Bertz CT molecular complexity index is 301. The maximum atomic E-state index is 12.1. The Morgan fingerprint density at radius 2 is 2.00 bits per heavy atom. The summed E-state index contributed by atoms with van der Waals surface area (Å²) in [5.41, 5.74) is -0.0268. The third-order valence-electron chi connectivity index (χ3n) is 2.20. The van der Waals surface area contributed by atoms with Crippen LogP contribution in [0.1, 0.15) is 12.8 Å². The summed E-state index contributed by atoms with van der Waals surface area (Å²) in [6.07, 6.45) is 0.822. The molecule has 0 bridgehead atoms. The summed E-state index contributed by atoms with van der Waals surface area (Å²) in [5.74, 6) is 0. The van der Waals surface area contributed by atoms with E-state index in [0.717, 1.165) is 0 Å². The molecule has 1 fully saturated rings. The number of hydrogen-bond acceptors (Lipinski definition) is 3. The molecule has 0 saturated carbocycles. The molecule has 1 unspecified atom stereocenters. The first-order valence-corrected chi connectivity index (χ1v) is 5.53. The van der Waals surface area contributed by atoms with Crippen LogP contribution in [0.2, 0.25) is 0 Å². The number of nitrogens with two attached hydrogens (primary N) is 1. The quantitative estimate of drug-likeness (QED) is 0.742. The molecule has 1 heterocycles. The van der Waals surface area contributed by atoms with E-state index in [1.807, 2.05) is 0 Å². The molecule has 0 aromatic carbocycles. The van der Waals surface area contributed by atoms with Crippen LogP contribution < -0.4 is 5.73 Å². The highest BCUT2D eigenvalue weighted by atomic mass is 32.2. The first kappa shape index (κ1) is 11.7. The Kier molecular flexibility index (Phi) is 3.07. The van der Waals surface area contributed by atoms with Crippen molar-refractivity contribution in [1.29, 1.82) is 0 Å². The summed E-state index contributed by atoms with van der Waals surface area (Å²) in [7, 11) is -5.18. The zero-order chi connectivity index (χ0) is 11.0. The second-order valence-electron chi connectivity index (χ2n) is 3.09. The van der Waals surface area contributed by atoms with Crippen LogP contribution in [0.4, 0.5) is 13.2 Å². The van der Waals surface area contributed by atoms with E-state index in [4.69, 9.17) is 5.73 Å². The van der Waals surface area contributed by atoms with E-state index in [1.165, 1.54) is 0 Å². The van der Waals surface area contributed by atoms with Crippen LogP contribution in [0.3, 0.4) is 0 Å². The molecule has 1 atom stereocenters. The number of sulfonamides is 1. The van der Waals surface area contributed by atoms with E-state index >= 15 is 0 Å². The molecular weight excluding hydrogens is 221 g/mol. The second-order valence-corrected chi connectivity index (χ2v) is 4.98. The largest absolute Gasteiger partial charge is 0.511 e. The number of hydrogen-bond donors (Lipinski definition) is 1. The second kappa shape index (κ2) is 3.67. The lowest BCUT2D eigenvalue weighted by Crippen LogP contribution is -2.45. The molecule has 2 N–H and O–H groups in total. The monoisotopic (exact) mass is 232 g/mol. The van der Waals surface area contributed by atoms with Gasteiger partial charge in [0, 0.05) is 19.1 Å². The van der Waals surface area contributed by atoms with Crippen LogP contribution in [-0.2, 0) is 10.0 Å². The topological polar surface area (TPSA) is 63.4 Å². The van der Waals surface area contributed by atoms with Crippen molar-refractivity contribution in [3.63, 3.8) is 0 Å². The molecule has 4 nitrogen and oxygen atoms in total. The van der Waals surface area contributed by atoms with Gasteiger partial charge in [-0.25, -0.2) is 8.42 Å². The summed E-state index contributed by atoms with van der Waals surface area (Å²) in [6.45, 7) is -0.168. The van der Waals surface area contributed by atoms with Crippen molar-refractivity contribution in [2.75, 3.05) is 13.1 Å². The van der Waals surface area contributed by atoms with Gasteiger partial charge in [-0.15, -0.1) is 0 Å². The molecule has 1 aliphatic heterocycles. The molecule has 0 radical (unpaired) electrons. The van der Waals surface area contributed by atoms with Gasteiger partial charge in [-0.1, -0.05) is 0 Å². The summed E-state index contributed by atoms with van der Waals surface area (Å²) in [6, 6.07) is -0.707. The van der Waals surface area contributed by atoms with Gasteiger partial charge in [0.1, 0.15) is 0 Å². The molecule has 0 aromatic rings. The predicted molar refractivity (Wildman–Crippen MR) is 43.8 cm³/mol. The summed E-state index contributed by atoms with van der Waals surface area (Å²) in [4.78, 5) is 0. The molecule has 0 spiro atoms. The van der Waals surface area contributed by atoms with Gasteiger partial charge in [-0.2, -0.15) is 17.5 Å². The van der Waals surface area contributed by atoms with Gasteiger partial charge >= 0.3 is 15.5 Å². The van der Waals surface area contributed by atoms with E-state index in [1.54, 1.807) is 0 Å². The molecule has 1 rings (SSSR count). The van der Waals surface area contributed by atoms with Crippen molar-refractivity contribution in [2.45, 2.75) is 24.4 Å². The van der Waals surface area contributed by atoms with E-state index in [9.17, 15) is 21.6 Å². The van der Waals surface area contributed by atoms with Gasteiger partial charge in [0.15, 0.2) is 0 Å². The van der Waals surface area contributed by atoms with Crippen LogP contribution in [0.5, 0.6) is 0 Å². The van der Waals surface area contributed by atoms with E-state index in [0.29, 0.717) is 17.1 Å². The highest BCUT2D eigenvalue weighted by Crippen LogP contribution is 2.31. The highest BCUT2D eigenvalue weighted by molar-refractivity contribution is 7.90. The van der Waals surface area contributed by atoms with Crippen molar-refractivity contribution in [1.82, 2.24) is 4.31 Å². The normalized spacial score (nSPS) is 25.6. The number of nitrogens with zero attached hydrogens (tertiary/aromatic N) is 1. The SMILES string of the molecule is NCC1CCCN1S(=O)(=O)C(F)(F)F. The van der Waals surface area contributed by atoms with Crippen molar-refractivity contribution in [3.8, 4) is 0 Å². The molecule has 14 heavy (non-hydrogen) atoms. The van der Waals surface area contributed by atoms with Crippen molar-refractivity contribution in [2.24, 2.45) is 5.73 Å². The Hall–Kier alpha value is -0.340. The van der Waals surface area contributed by atoms with E-state index in [-0.39, 0.29) is 13.1 Å². The maximum absolute atomic E-state index is 12.1. The summed E-state index contributed by atoms with van der Waals surface area (Å²) >= 11 is 0. The average molecular weight is 232 g/mol. The fraction of sp³-hybridized carbons (Fsp3) is 1.00. The van der Waals surface area contributed by atoms with Crippen LogP contribution >= 0.6 is 0 Å². The number of halogens is 3. The fourth-order valence-electron chi connectivity index (χ4n) is 1.49. The Morgan fingerprint density at radius 3 is 2.43 bits per heavy atom. The first-order chi connectivity index (χ1) is 6.30. The standard InChI is InChI=1S/C6H11F3N2O2S/c7-6(8,9)14(12,13)11-3-1-2-5(11)4-10/h5H,1-4,10H2. The summed E-state index contributed by atoms with van der Waals surface area (Å²) < 4.78 is 58.8. The van der Waals surface area contributed by atoms with Gasteiger partial charge in [-0.05, 0) is 12.8 Å². The van der Waals surface area contributed by atoms with Crippen LogP contribution in [-0.4, -0.2) is 37.4 Å². The molecule has 0 amide bonds. The van der Waals surface area contributed by atoms with Gasteiger partial charge in [0.25, 0.3) is 0 Å². The minimum atomic E-state index is -5.22. The highest BCUT2D eigenvalue weighted by Gasteiger charge is 2.52. The predicted octanol–water partition coefficient (Wildman–Crippen LogP) is 0.259. The van der Waals surface area contributed by atoms with E-state index < -0.39 is 21.6 Å². The number of alkyl halides is 3. The first-order valence-electron chi connectivity index (χ1n) is 4.09. The molecule has 8 heteroatoms. The third kappa shape index (κ3) is 1.86. The minimum absolute atomic E-state index is 0.0741. The van der Waals surface area contributed by atoms with Gasteiger partial charge < -0.3 is 5.73 Å². The fourth-order valence-corrected chi connectivity index (χ4v) is 2.71. The van der Waals surface area contributed by atoms with Gasteiger partial charge in [0.05, 0.1) is 0 Å². The van der Waals surface area contributed by atoms with Gasteiger partial charge in [0.2, 0.25) is 0 Å². The molecule has 0 aliphatic carbocycles. The Labute approximate surface area is 79.9 Å². The van der Waals surface area contributed by atoms with Gasteiger partial charge in [-0.3, -0.25) is 0 Å². The average Bonchev–Trinajstić information content (AvgIpc) is 2.49. The lowest BCUT2D eigenvalue weighted by molar-refractivity contribution is -0.0491. The molecule has 1 aliphatic rings. The van der Waals surface area contributed by atoms with E-state index in [2.05, 4.69) is 0 Å². The Balaban J connectivity index is 2.93. The Morgan fingerprint density at radius 1 is 1.43 bits per heavy atom. The van der Waals surface area contributed by atoms with Crippen molar-refractivity contribution >= 4 is 10.0 Å². The molecule has 84 valence electrons. The van der Waals surface area contributed by atoms with Crippen molar-refractivity contribution < 1.29 is 21.6 Å². The molecule has 0 aromatic heterocycles. The molecular formula is C6H11F3N2O2S. The number of rotatable bonds is 2. The zero-order valence-corrected chi connectivity index (χ0v) is 8.11. The lowest BCUT2D eigenvalue weighted by Gasteiger charge is -2.23. The lowest BCUT2D eigenvalue weighted by atomic mass is 10.2. The maximum Gasteiger partial charge on any atom is 0.511 e. The minimum Gasteiger partial charge on any atom is -0.329 e. The van der Waals surface area contributed by atoms with Crippen molar-refractivity contribution in [3.05, 3.63) is 0 Å². The third-order valence-corrected chi connectivity index (χ3v) is 3.88. The molecule has 1 saturated heterocycles. The smallest absolute Gasteiger partial charge is 0.329 e. The zero-order valence-electron chi connectivity index (χ0n) is 7.29. The van der Waals surface area contributed by atoms with Crippen LogP contribution in [0.25, 0.3) is 0 Å². The summed E-state index contributed by atoms with van der Waals surface area (Å²) in [5, 5.41) is 0.